The van der Waals surface area contributed by atoms with Crippen LogP contribution in [0.25, 0.3) is 22.6 Å². The van der Waals surface area contributed by atoms with Crippen LogP contribution in [-0.2, 0) is 4.79 Å². The van der Waals surface area contributed by atoms with E-state index in [-0.39, 0.29) is 16.8 Å². The number of rotatable bonds is 5. The molecular formula is C22H15BrClN3O2S2. The summed E-state index contributed by atoms with van der Waals surface area (Å²) in [6.45, 7) is 0. The fraction of sp³-hybridized carbons (Fsp3) is 0.0455. The molecule has 5 nitrogen and oxygen atoms in total. The van der Waals surface area contributed by atoms with Gasteiger partial charge in [-0.25, -0.2) is 4.98 Å². The first-order valence-electron chi connectivity index (χ1n) is 9.12. The molecule has 0 radical (unpaired) electrons. The molecule has 4 aromatic rings. The number of aromatic nitrogens is 1. The SMILES string of the molecule is O=C(CSc1ccc(Cl)cc1)NC(=S)Nc1ccc2oc(-c3ccc(Br)cc3)nc2c1. The zero-order valence-corrected chi connectivity index (χ0v) is 19.9. The Balaban J connectivity index is 1.36. The highest BCUT2D eigenvalue weighted by atomic mass is 79.9. The minimum Gasteiger partial charge on any atom is -0.436 e. The van der Waals surface area contributed by atoms with Crippen LogP contribution in [0.1, 0.15) is 0 Å². The minimum absolute atomic E-state index is 0.197. The second-order valence-corrected chi connectivity index (χ2v) is 9.26. The Morgan fingerprint density at radius 3 is 2.58 bits per heavy atom. The Labute approximate surface area is 201 Å². The number of nitrogens with zero attached hydrogens (tertiary/aromatic N) is 1. The van der Waals surface area contributed by atoms with E-state index < -0.39 is 0 Å². The van der Waals surface area contributed by atoms with Gasteiger partial charge in [-0.2, -0.15) is 0 Å². The van der Waals surface area contributed by atoms with Gasteiger partial charge in [0.25, 0.3) is 0 Å². The van der Waals surface area contributed by atoms with E-state index in [1.807, 2.05) is 54.6 Å². The van der Waals surface area contributed by atoms with Gasteiger partial charge in [0.05, 0.1) is 5.75 Å². The summed E-state index contributed by atoms with van der Waals surface area (Å²) in [5.41, 5.74) is 2.95. The molecule has 1 aromatic heterocycles. The van der Waals surface area contributed by atoms with E-state index in [1.54, 1.807) is 12.1 Å². The molecule has 156 valence electrons. The Morgan fingerprint density at radius 2 is 1.84 bits per heavy atom. The first-order valence-corrected chi connectivity index (χ1v) is 11.7. The van der Waals surface area contributed by atoms with Gasteiger partial charge in [-0.3, -0.25) is 4.79 Å². The van der Waals surface area contributed by atoms with E-state index in [1.165, 1.54) is 11.8 Å². The molecular weight excluding hydrogens is 518 g/mol. The van der Waals surface area contributed by atoms with Gasteiger partial charge < -0.3 is 15.1 Å². The average molecular weight is 533 g/mol. The second kappa shape index (κ2) is 9.82. The lowest BCUT2D eigenvalue weighted by molar-refractivity contribution is -0.117. The number of amides is 1. The van der Waals surface area contributed by atoms with E-state index >= 15 is 0 Å². The van der Waals surface area contributed by atoms with Crippen LogP contribution in [0.3, 0.4) is 0 Å². The number of nitrogens with one attached hydrogen (secondary N) is 2. The highest BCUT2D eigenvalue weighted by Crippen LogP contribution is 2.27. The molecule has 4 rings (SSSR count). The molecule has 0 aliphatic rings. The lowest BCUT2D eigenvalue weighted by Gasteiger charge is -2.09. The smallest absolute Gasteiger partial charge is 0.236 e. The van der Waals surface area contributed by atoms with E-state index in [9.17, 15) is 4.79 Å². The number of anilines is 1. The predicted octanol–water partition coefficient (Wildman–Crippen LogP) is 6.52. The Morgan fingerprint density at radius 1 is 1.10 bits per heavy atom. The standard InChI is InChI=1S/C22H15BrClN3O2S2/c23-14-3-1-13(2-4-14)21-26-18-11-16(7-10-19(18)29-21)25-22(30)27-20(28)12-31-17-8-5-15(24)6-9-17/h1-11H,12H2,(H2,25,27,28,30). The fourth-order valence-electron chi connectivity index (χ4n) is 2.73. The molecule has 0 fully saturated rings. The van der Waals surface area contributed by atoms with E-state index in [4.69, 9.17) is 28.2 Å². The molecule has 0 saturated heterocycles. The number of halogens is 2. The van der Waals surface area contributed by atoms with Crippen molar-refractivity contribution in [3.63, 3.8) is 0 Å². The molecule has 0 aliphatic heterocycles. The number of thioether (sulfide) groups is 1. The Hall–Kier alpha value is -2.39. The summed E-state index contributed by atoms with van der Waals surface area (Å²) in [6.07, 6.45) is 0. The first kappa shape index (κ1) is 21.8. The molecule has 0 aliphatic carbocycles. The summed E-state index contributed by atoms with van der Waals surface area (Å²) >= 11 is 16.0. The summed E-state index contributed by atoms with van der Waals surface area (Å²) in [6, 6.07) is 20.5. The third kappa shape index (κ3) is 5.86. The van der Waals surface area contributed by atoms with Gasteiger partial charge in [-0.05, 0) is 78.9 Å². The fourth-order valence-corrected chi connectivity index (χ4v) is 4.05. The number of oxazole rings is 1. The van der Waals surface area contributed by atoms with Crippen LogP contribution in [0.15, 0.2) is 80.5 Å². The van der Waals surface area contributed by atoms with Crippen molar-refractivity contribution >= 4 is 79.3 Å². The average Bonchev–Trinajstić information content (AvgIpc) is 3.17. The highest BCUT2D eigenvalue weighted by Gasteiger charge is 2.10. The molecule has 1 heterocycles. The van der Waals surface area contributed by atoms with E-state index in [0.717, 1.165) is 14.9 Å². The van der Waals surface area contributed by atoms with E-state index in [2.05, 4.69) is 31.5 Å². The predicted molar refractivity (Wildman–Crippen MR) is 134 cm³/mol. The maximum Gasteiger partial charge on any atom is 0.236 e. The van der Waals surface area contributed by atoms with Crippen molar-refractivity contribution in [3.05, 3.63) is 76.2 Å². The number of carbonyl (C=O) groups excluding carboxylic acids is 1. The van der Waals surface area contributed by atoms with Crippen LogP contribution in [-0.4, -0.2) is 21.8 Å². The first-order chi connectivity index (χ1) is 15.0. The summed E-state index contributed by atoms with van der Waals surface area (Å²) in [5, 5.41) is 6.57. The maximum atomic E-state index is 12.2. The van der Waals surface area contributed by atoms with Crippen molar-refractivity contribution in [2.24, 2.45) is 0 Å². The van der Waals surface area contributed by atoms with Crippen molar-refractivity contribution < 1.29 is 9.21 Å². The number of fused-ring (bicyclic) bond motifs is 1. The van der Waals surface area contributed by atoms with Crippen LogP contribution >= 0.6 is 51.5 Å². The highest BCUT2D eigenvalue weighted by molar-refractivity contribution is 9.10. The number of benzene rings is 3. The summed E-state index contributed by atoms with van der Waals surface area (Å²) < 4.78 is 6.82. The van der Waals surface area contributed by atoms with Gasteiger partial charge in [0, 0.05) is 25.6 Å². The zero-order chi connectivity index (χ0) is 21.8. The van der Waals surface area contributed by atoms with Gasteiger partial charge in [0.15, 0.2) is 10.7 Å². The number of thiocarbonyl (C=S) groups is 1. The summed E-state index contributed by atoms with van der Waals surface area (Å²) in [7, 11) is 0. The molecule has 0 saturated carbocycles. The van der Waals surface area contributed by atoms with Crippen LogP contribution in [0.5, 0.6) is 0 Å². The second-order valence-electron chi connectivity index (χ2n) is 6.45. The zero-order valence-electron chi connectivity index (χ0n) is 15.9. The maximum absolute atomic E-state index is 12.2. The molecule has 3 aromatic carbocycles. The van der Waals surface area contributed by atoms with Crippen molar-refractivity contribution in [1.82, 2.24) is 10.3 Å². The molecule has 0 bridgehead atoms. The van der Waals surface area contributed by atoms with Gasteiger partial charge >= 0.3 is 0 Å². The van der Waals surface area contributed by atoms with Crippen LogP contribution < -0.4 is 10.6 Å². The molecule has 2 N–H and O–H groups in total. The molecule has 0 unspecified atom stereocenters. The van der Waals surface area contributed by atoms with Crippen LogP contribution in [0, 0.1) is 0 Å². The monoisotopic (exact) mass is 531 g/mol. The summed E-state index contributed by atoms with van der Waals surface area (Å²) in [5.74, 6) is 0.578. The lowest BCUT2D eigenvalue weighted by Crippen LogP contribution is -2.35. The van der Waals surface area contributed by atoms with Crippen molar-refractivity contribution in [2.75, 3.05) is 11.1 Å². The summed E-state index contributed by atoms with van der Waals surface area (Å²) in [4.78, 5) is 17.7. The van der Waals surface area contributed by atoms with Crippen LogP contribution in [0.2, 0.25) is 5.02 Å². The topological polar surface area (TPSA) is 67.2 Å². The van der Waals surface area contributed by atoms with Crippen molar-refractivity contribution in [1.29, 1.82) is 0 Å². The van der Waals surface area contributed by atoms with Gasteiger partial charge in [-0.15, -0.1) is 11.8 Å². The Kier molecular flexibility index (Phi) is 6.92. The number of hydrogen-bond acceptors (Lipinski definition) is 5. The molecule has 9 heteroatoms. The Bertz CT molecular complexity index is 1240. The minimum atomic E-state index is -0.197. The number of carbonyl (C=O) groups is 1. The van der Waals surface area contributed by atoms with Crippen molar-refractivity contribution in [3.8, 4) is 11.5 Å². The molecule has 0 spiro atoms. The molecule has 0 atom stereocenters. The van der Waals surface area contributed by atoms with Gasteiger partial charge in [0.2, 0.25) is 11.8 Å². The molecule has 1 amide bonds. The quantitative estimate of drug-likeness (QED) is 0.225. The van der Waals surface area contributed by atoms with Crippen molar-refractivity contribution in [2.45, 2.75) is 4.90 Å². The van der Waals surface area contributed by atoms with Crippen LogP contribution in [0.4, 0.5) is 5.69 Å². The lowest BCUT2D eigenvalue weighted by atomic mass is 10.2. The number of hydrogen-bond donors (Lipinski definition) is 2. The van der Waals surface area contributed by atoms with E-state index in [0.29, 0.717) is 27.7 Å². The normalized spacial score (nSPS) is 10.8. The third-order valence-corrected chi connectivity index (χ3v) is 6.17. The third-order valence-electron chi connectivity index (χ3n) is 4.17. The van der Waals surface area contributed by atoms with Gasteiger partial charge in [0.1, 0.15) is 5.52 Å². The van der Waals surface area contributed by atoms with Gasteiger partial charge in [-0.1, -0.05) is 27.5 Å². The largest absolute Gasteiger partial charge is 0.436 e. The molecule has 31 heavy (non-hydrogen) atoms.